The fourth-order valence-corrected chi connectivity index (χ4v) is 9.34. The zero-order valence-corrected chi connectivity index (χ0v) is 22.0. The molecule has 0 aromatic heterocycles. The second kappa shape index (κ2) is 11.7. The molecule has 0 amide bonds. The van der Waals surface area contributed by atoms with Gasteiger partial charge >= 0.3 is 5.97 Å². The highest BCUT2D eigenvalue weighted by Gasteiger charge is 2.50. The summed E-state index contributed by atoms with van der Waals surface area (Å²) in [6, 6.07) is 20.0. The average Bonchev–Trinajstić information content (AvgIpc) is 2.78. The number of esters is 1. The van der Waals surface area contributed by atoms with Crippen LogP contribution in [0.1, 0.15) is 27.7 Å². The highest BCUT2D eigenvalue weighted by atomic mass is 127. The van der Waals surface area contributed by atoms with Crippen LogP contribution in [0.25, 0.3) is 0 Å². The molecule has 176 valence electrons. The second-order valence-electron chi connectivity index (χ2n) is 8.63. The minimum atomic E-state index is -2.84. The SMILES string of the molecule is CCOC(=O)[C@@H](F)[C@H](O)[C@H](O)[C@@H](I)CO[Si](c1ccccc1)(c1ccccc1)C(C)(C)C. The fourth-order valence-electron chi connectivity index (χ4n) is 3.81. The van der Waals surface area contributed by atoms with E-state index in [2.05, 4.69) is 49.8 Å². The van der Waals surface area contributed by atoms with Gasteiger partial charge in [0.2, 0.25) is 6.17 Å². The van der Waals surface area contributed by atoms with Crippen molar-refractivity contribution >= 4 is 47.3 Å². The fraction of sp³-hybridized carbons (Fsp3) is 0.458. The molecule has 0 aliphatic carbocycles. The topological polar surface area (TPSA) is 76.0 Å². The molecule has 4 atom stereocenters. The number of carbonyl (C=O) groups excluding carboxylic acids is 1. The zero-order chi connectivity index (χ0) is 23.9. The van der Waals surface area contributed by atoms with Crippen molar-refractivity contribution in [1.82, 2.24) is 0 Å². The molecule has 0 fully saturated rings. The Bertz CT molecular complexity index is 807. The van der Waals surface area contributed by atoms with Crippen LogP contribution in [0.2, 0.25) is 5.04 Å². The van der Waals surface area contributed by atoms with E-state index < -0.39 is 36.6 Å². The maximum atomic E-state index is 14.3. The van der Waals surface area contributed by atoms with E-state index in [0.717, 1.165) is 10.4 Å². The Morgan fingerprint density at radius 3 is 1.88 bits per heavy atom. The standard InChI is InChI=1S/C24H32FIO5Si/c1-5-30-23(29)20(25)22(28)21(27)19(26)16-31-32(24(2,3)4,17-12-8-6-9-13-17)18-14-10-7-11-15-18/h6-15,19-22,27-28H,5,16H2,1-4H3/t19-,20-,21+,22-/m0/s1. The Morgan fingerprint density at radius 1 is 1.00 bits per heavy atom. The average molecular weight is 575 g/mol. The van der Waals surface area contributed by atoms with Gasteiger partial charge in [-0.15, -0.1) is 0 Å². The molecule has 8 heteroatoms. The molecule has 2 aromatic rings. The minimum Gasteiger partial charge on any atom is -0.464 e. The number of benzene rings is 2. The summed E-state index contributed by atoms with van der Waals surface area (Å²) in [5, 5.41) is 22.6. The summed E-state index contributed by atoms with van der Waals surface area (Å²) in [4.78, 5) is 11.6. The van der Waals surface area contributed by atoms with E-state index in [1.54, 1.807) is 6.92 Å². The van der Waals surface area contributed by atoms with Gasteiger partial charge in [-0.1, -0.05) is 104 Å². The molecule has 2 rings (SSSR count). The first-order valence-corrected chi connectivity index (χ1v) is 13.8. The predicted octanol–water partition coefficient (Wildman–Crippen LogP) is 2.99. The van der Waals surface area contributed by atoms with Crippen LogP contribution >= 0.6 is 22.6 Å². The van der Waals surface area contributed by atoms with Crippen molar-refractivity contribution in [3.05, 3.63) is 60.7 Å². The highest BCUT2D eigenvalue weighted by molar-refractivity contribution is 14.1. The van der Waals surface area contributed by atoms with Crippen LogP contribution < -0.4 is 10.4 Å². The Kier molecular flexibility index (Phi) is 9.83. The maximum absolute atomic E-state index is 14.3. The molecule has 0 aliphatic heterocycles. The molecule has 0 aliphatic rings. The predicted molar refractivity (Wildman–Crippen MR) is 135 cm³/mol. The molecule has 0 saturated carbocycles. The van der Waals surface area contributed by atoms with Crippen molar-refractivity contribution in [1.29, 1.82) is 0 Å². The van der Waals surface area contributed by atoms with Gasteiger partial charge in [-0.3, -0.25) is 0 Å². The molecule has 0 spiro atoms. The number of halogens is 2. The smallest absolute Gasteiger partial charge is 0.343 e. The van der Waals surface area contributed by atoms with Gasteiger partial charge in [0.1, 0.15) is 6.10 Å². The van der Waals surface area contributed by atoms with Crippen molar-refractivity contribution in [3.8, 4) is 0 Å². The van der Waals surface area contributed by atoms with Gasteiger partial charge in [-0.25, -0.2) is 9.18 Å². The number of rotatable bonds is 10. The monoisotopic (exact) mass is 574 g/mol. The number of hydrogen-bond donors (Lipinski definition) is 2. The third kappa shape index (κ3) is 5.96. The van der Waals surface area contributed by atoms with Crippen molar-refractivity contribution in [3.63, 3.8) is 0 Å². The molecule has 0 saturated heterocycles. The molecule has 0 unspecified atom stereocenters. The maximum Gasteiger partial charge on any atom is 0.343 e. The van der Waals surface area contributed by atoms with Gasteiger partial charge in [0.15, 0.2) is 0 Å². The van der Waals surface area contributed by atoms with Gasteiger partial charge in [-0.2, -0.15) is 0 Å². The lowest BCUT2D eigenvalue weighted by Gasteiger charge is -2.43. The summed E-state index contributed by atoms with van der Waals surface area (Å²) in [6.07, 6.45) is -5.73. The number of aliphatic hydroxyl groups is 2. The third-order valence-electron chi connectivity index (χ3n) is 5.41. The molecule has 0 radical (unpaired) electrons. The first kappa shape index (κ1) is 26.9. The summed E-state index contributed by atoms with van der Waals surface area (Å²) in [5.74, 6) is -1.18. The van der Waals surface area contributed by atoms with Crippen molar-refractivity contribution < 1.29 is 28.6 Å². The molecular weight excluding hydrogens is 542 g/mol. The Hall–Kier alpha value is -1.33. The van der Waals surface area contributed by atoms with Crippen LogP contribution in [0.4, 0.5) is 4.39 Å². The first-order chi connectivity index (χ1) is 15.1. The van der Waals surface area contributed by atoms with Gasteiger partial charge in [0, 0.05) is 6.61 Å². The molecule has 2 N–H and O–H groups in total. The van der Waals surface area contributed by atoms with Crippen LogP contribution in [0, 0.1) is 0 Å². The van der Waals surface area contributed by atoms with Crippen LogP contribution in [0.3, 0.4) is 0 Å². The van der Waals surface area contributed by atoms with E-state index in [-0.39, 0.29) is 18.3 Å². The van der Waals surface area contributed by atoms with Crippen LogP contribution in [0.5, 0.6) is 0 Å². The van der Waals surface area contributed by atoms with E-state index >= 15 is 0 Å². The van der Waals surface area contributed by atoms with Crippen LogP contribution in [-0.2, 0) is 14.0 Å². The zero-order valence-electron chi connectivity index (χ0n) is 18.9. The largest absolute Gasteiger partial charge is 0.464 e. The summed E-state index contributed by atoms with van der Waals surface area (Å²) in [6.45, 7) is 8.00. The molecule has 32 heavy (non-hydrogen) atoms. The first-order valence-electron chi connectivity index (χ1n) is 10.6. The van der Waals surface area contributed by atoms with E-state index in [1.165, 1.54) is 0 Å². The van der Waals surface area contributed by atoms with E-state index in [1.807, 2.05) is 59.0 Å². The van der Waals surface area contributed by atoms with Gasteiger partial charge in [0.05, 0.1) is 16.6 Å². The second-order valence-corrected chi connectivity index (χ2v) is 14.5. The summed E-state index contributed by atoms with van der Waals surface area (Å²) < 4.78 is 24.9. The number of ether oxygens (including phenoxy) is 1. The number of carbonyl (C=O) groups is 1. The van der Waals surface area contributed by atoms with E-state index in [0.29, 0.717) is 0 Å². The Labute approximate surface area is 204 Å². The number of alkyl halides is 2. The molecule has 2 aromatic carbocycles. The van der Waals surface area contributed by atoms with Crippen molar-refractivity contribution in [2.75, 3.05) is 13.2 Å². The summed E-state index contributed by atoms with van der Waals surface area (Å²) >= 11 is 1.94. The molecule has 5 nitrogen and oxygen atoms in total. The van der Waals surface area contributed by atoms with Crippen LogP contribution in [-0.4, -0.2) is 60.0 Å². The molecular formula is C24H32FIO5Si. The molecule has 0 bridgehead atoms. The summed E-state index contributed by atoms with van der Waals surface area (Å²) in [5.41, 5.74) is 0. The highest BCUT2D eigenvalue weighted by Crippen LogP contribution is 2.37. The van der Waals surface area contributed by atoms with E-state index in [9.17, 15) is 19.4 Å². The van der Waals surface area contributed by atoms with E-state index in [4.69, 9.17) is 4.43 Å². The van der Waals surface area contributed by atoms with Crippen molar-refractivity contribution in [2.24, 2.45) is 0 Å². The molecule has 0 heterocycles. The Morgan fingerprint density at radius 2 is 1.47 bits per heavy atom. The van der Waals surface area contributed by atoms with Gasteiger partial charge in [-0.05, 0) is 22.3 Å². The quantitative estimate of drug-likeness (QED) is 0.198. The summed E-state index contributed by atoms with van der Waals surface area (Å²) in [7, 11) is -2.84. The van der Waals surface area contributed by atoms with Gasteiger partial charge < -0.3 is 19.4 Å². The van der Waals surface area contributed by atoms with Crippen molar-refractivity contribution in [2.45, 2.75) is 55.0 Å². The lowest BCUT2D eigenvalue weighted by molar-refractivity contribution is -0.157. The number of aliphatic hydroxyl groups excluding tert-OH is 2. The Balaban J connectivity index is 2.34. The lowest BCUT2D eigenvalue weighted by atomic mass is 10.1. The van der Waals surface area contributed by atoms with Gasteiger partial charge in [0.25, 0.3) is 8.32 Å². The normalized spacial score (nSPS) is 16.1. The minimum absolute atomic E-state index is 0.00724. The van der Waals surface area contributed by atoms with Crippen LogP contribution in [0.15, 0.2) is 60.7 Å². The third-order valence-corrected chi connectivity index (χ3v) is 11.5. The number of hydrogen-bond acceptors (Lipinski definition) is 5. The lowest BCUT2D eigenvalue weighted by Crippen LogP contribution is -2.67.